The molecule has 0 saturated heterocycles. The van der Waals surface area contributed by atoms with Crippen LogP contribution in [0.1, 0.15) is 13.3 Å². The van der Waals surface area contributed by atoms with E-state index in [1.807, 2.05) is 0 Å². The van der Waals surface area contributed by atoms with Crippen molar-refractivity contribution < 1.29 is 19.0 Å². The Balaban J connectivity index is 2.85. The molecule has 1 aliphatic rings. The fraction of sp³-hybridized carbons (Fsp3) is 0.714. The van der Waals surface area contributed by atoms with E-state index in [4.69, 9.17) is 10.2 Å². The number of aliphatic hydroxyl groups excluding tert-OH is 2. The maximum atomic E-state index is 12.6. The average Bonchev–Trinajstić information content (AvgIpc) is 1.81. The van der Waals surface area contributed by atoms with Crippen molar-refractivity contribution in [1.82, 2.24) is 0 Å². The van der Waals surface area contributed by atoms with Gasteiger partial charge in [0, 0.05) is 6.42 Å². The maximum absolute atomic E-state index is 12.6. The van der Waals surface area contributed by atoms with Crippen molar-refractivity contribution in [3.8, 4) is 0 Å². The van der Waals surface area contributed by atoms with Gasteiger partial charge in [0.1, 0.15) is 12.2 Å². The topological polar surface area (TPSA) is 40.5 Å². The van der Waals surface area contributed by atoms with Crippen LogP contribution in [0.3, 0.4) is 0 Å². The molecule has 0 saturated carbocycles. The number of hydrogen-bond acceptors (Lipinski definition) is 2. The zero-order valence-electron chi connectivity index (χ0n) is 6.09. The van der Waals surface area contributed by atoms with Crippen molar-refractivity contribution in [2.75, 3.05) is 0 Å². The van der Waals surface area contributed by atoms with Gasteiger partial charge in [0.25, 0.3) is 5.92 Å². The minimum absolute atomic E-state index is 0.410. The molecular formula is C7H10F2O2. The first kappa shape index (κ1) is 8.62. The molecule has 11 heavy (non-hydrogen) atoms. The second-order valence-corrected chi connectivity index (χ2v) is 2.89. The van der Waals surface area contributed by atoms with Crippen LogP contribution in [0.15, 0.2) is 11.6 Å². The molecule has 0 aromatic rings. The normalized spacial score (nSPS) is 36.6. The van der Waals surface area contributed by atoms with Crippen molar-refractivity contribution in [1.29, 1.82) is 0 Å². The second kappa shape index (κ2) is 2.53. The van der Waals surface area contributed by atoms with Crippen molar-refractivity contribution in [2.45, 2.75) is 31.5 Å². The van der Waals surface area contributed by atoms with E-state index in [9.17, 15) is 8.78 Å². The third kappa shape index (κ3) is 1.57. The first-order chi connectivity index (χ1) is 4.93. The first-order valence-electron chi connectivity index (χ1n) is 3.35. The van der Waals surface area contributed by atoms with E-state index in [0.29, 0.717) is 5.57 Å². The van der Waals surface area contributed by atoms with Crippen molar-refractivity contribution in [2.24, 2.45) is 0 Å². The van der Waals surface area contributed by atoms with Gasteiger partial charge in [0.2, 0.25) is 0 Å². The molecule has 0 heterocycles. The summed E-state index contributed by atoms with van der Waals surface area (Å²) in [7, 11) is 0. The molecule has 0 spiro atoms. The van der Waals surface area contributed by atoms with Crippen LogP contribution in [-0.2, 0) is 0 Å². The highest BCUT2D eigenvalue weighted by atomic mass is 19.3. The molecule has 2 N–H and O–H groups in total. The third-order valence-corrected chi connectivity index (χ3v) is 1.73. The lowest BCUT2D eigenvalue weighted by Crippen LogP contribution is -2.44. The van der Waals surface area contributed by atoms with Crippen LogP contribution in [0, 0.1) is 0 Å². The van der Waals surface area contributed by atoms with Gasteiger partial charge in [-0.2, -0.15) is 0 Å². The minimum atomic E-state index is -3.18. The van der Waals surface area contributed by atoms with Gasteiger partial charge >= 0.3 is 0 Å². The molecule has 1 rings (SSSR count). The quantitative estimate of drug-likeness (QED) is 0.517. The predicted molar refractivity (Wildman–Crippen MR) is 35.3 cm³/mol. The lowest BCUT2D eigenvalue weighted by atomic mass is 9.92. The van der Waals surface area contributed by atoms with Crippen molar-refractivity contribution >= 4 is 0 Å². The highest BCUT2D eigenvalue weighted by Crippen LogP contribution is 2.33. The molecule has 2 atom stereocenters. The predicted octanol–water partition coefficient (Wildman–Crippen LogP) is 0.694. The van der Waals surface area contributed by atoms with Gasteiger partial charge in [-0.3, -0.25) is 0 Å². The van der Waals surface area contributed by atoms with Crippen LogP contribution in [0.25, 0.3) is 0 Å². The summed E-state index contributed by atoms with van der Waals surface area (Å²) in [5.74, 6) is -3.18. The monoisotopic (exact) mass is 164 g/mol. The summed E-state index contributed by atoms with van der Waals surface area (Å²) in [5, 5.41) is 17.7. The lowest BCUT2D eigenvalue weighted by Gasteiger charge is -2.29. The fourth-order valence-corrected chi connectivity index (χ4v) is 1.17. The Bertz CT molecular complexity index is 189. The van der Waals surface area contributed by atoms with E-state index >= 15 is 0 Å². The van der Waals surface area contributed by atoms with E-state index in [2.05, 4.69) is 0 Å². The van der Waals surface area contributed by atoms with Gasteiger partial charge in [-0.05, 0) is 6.92 Å². The van der Waals surface area contributed by atoms with Gasteiger partial charge in [0.05, 0.1) is 0 Å². The van der Waals surface area contributed by atoms with Crippen LogP contribution >= 0.6 is 0 Å². The molecule has 2 nitrogen and oxygen atoms in total. The Morgan fingerprint density at radius 3 is 2.55 bits per heavy atom. The average molecular weight is 164 g/mol. The molecule has 0 aliphatic heterocycles. The van der Waals surface area contributed by atoms with Gasteiger partial charge in [-0.1, -0.05) is 11.6 Å². The number of aliphatic hydroxyl groups is 2. The molecule has 64 valence electrons. The summed E-state index contributed by atoms with van der Waals surface area (Å²) in [6.07, 6.45) is -2.60. The summed E-state index contributed by atoms with van der Waals surface area (Å²) in [4.78, 5) is 0. The van der Waals surface area contributed by atoms with Gasteiger partial charge in [0.15, 0.2) is 0 Å². The van der Waals surface area contributed by atoms with Gasteiger partial charge in [-0.25, -0.2) is 8.78 Å². The maximum Gasteiger partial charge on any atom is 0.279 e. The van der Waals surface area contributed by atoms with E-state index in [0.717, 1.165) is 0 Å². The highest BCUT2D eigenvalue weighted by Gasteiger charge is 2.44. The Hall–Kier alpha value is -0.480. The molecule has 1 aliphatic carbocycles. The summed E-state index contributed by atoms with van der Waals surface area (Å²) in [6.45, 7) is 1.50. The molecule has 0 amide bonds. The Morgan fingerprint density at radius 1 is 1.55 bits per heavy atom. The van der Waals surface area contributed by atoms with Crippen LogP contribution < -0.4 is 0 Å². The van der Waals surface area contributed by atoms with Gasteiger partial charge < -0.3 is 10.2 Å². The molecule has 0 radical (unpaired) electrons. The lowest BCUT2D eigenvalue weighted by molar-refractivity contribution is -0.146. The van der Waals surface area contributed by atoms with Crippen molar-refractivity contribution in [3.05, 3.63) is 11.6 Å². The van der Waals surface area contributed by atoms with Crippen LogP contribution in [0.2, 0.25) is 0 Å². The smallest absolute Gasteiger partial charge is 0.279 e. The molecule has 0 aromatic heterocycles. The minimum Gasteiger partial charge on any atom is -0.386 e. The summed E-state index contributed by atoms with van der Waals surface area (Å²) in [5.41, 5.74) is 0.410. The fourth-order valence-electron chi connectivity index (χ4n) is 1.17. The summed E-state index contributed by atoms with van der Waals surface area (Å²) < 4.78 is 25.3. The number of alkyl halides is 2. The molecule has 0 unspecified atom stereocenters. The number of allylic oxidation sites excluding steroid dienone is 1. The summed E-state index contributed by atoms with van der Waals surface area (Å²) in [6, 6.07) is 0. The van der Waals surface area contributed by atoms with E-state index in [-0.39, 0.29) is 0 Å². The van der Waals surface area contributed by atoms with Crippen molar-refractivity contribution in [3.63, 3.8) is 0 Å². The molecule has 4 heteroatoms. The van der Waals surface area contributed by atoms with E-state index < -0.39 is 24.6 Å². The zero-order valence-corrected chi connectivity index (χ0v) is 6.09. The number of rotatable bonds is 0. The standard InChI is InChI=1S/C7H10F2O2/c1-4-2-5(10)6(11)7(8,9)3-4/h2,5-6,10-11H,3H2,1H3/t5-,6+/m1/s1. The van der Waals surface area contributed by atoms with Crippen LogP contribution in [-0.4, -0.2) is 28.3 Å². The summed E-state index contributed by atoms with van der Waals surface area (Å²) >= 11 is 0. The Morgan fingerprint density at radius 2 is 2.09 bits per heavy atom. The first-order valence-corrected chi connectivity index (χ1v) is 3.35. The zero-order chi connectivity index (χ0) is 8.65. The number of halogens is 2. The molecule has 0 fully saturated rings. The van der Waals surface area contributed by atoms with Crippen LogP contribution in [0.4, 0.5) is 8.78 Å². The molecule has 0 bridgehead atoms. The van der Waals surface area contributed by atoms with Crippen LogP contribution in [0.5, 0.6) is 0 Å². The Kier molecular flexibility index (Phi) is 1.98. The van der Waals surface area contributed by atoms with Gasteiger partial charge in [-0.15, -0.1) is 0 Å². The van der Waals surface area contributed by atoms with E-state index in [1.54, 1.807) is 0 Å². The largest absolute Gasteiger partial charge is 0.386 e. The molecule has 0 aromatic carbocycles. The second-order valence-electron chi connectivity index (χ2n) is 2.89. The third-order valence-electron chi connectivity index (χ3n) is 1.73. The highest BCUT2D eigenvalue weighted by molar-refractivity contribution is 5.14. The SMILES string of the molecule is CC1=C[C@@H](O)[C@H](O)C(F)(F)C1. The molecular weight excluding hydrogens is 154 g/mol. The Labute approximate surface area is 63.2 Å². The van der Waals surface area contributed by atoms with E-state index in [1.165, 1.54) is 13.0 Å². The number of hydrogen-bond donors (Lipinski definition) is 2.